The molecule has 0 aliphatic carbocycles. The summed E-state index contributed by atoms with van der Waals surface area (Å²) in [6.07, 6.45) is 0. The monoisotopic (exact) mass is 355 g/mol. The third-order valence-electron chi connectivity index (χ3n) is 5.08. The lowest BCUT2D eigenvalue weighted by Gasteiger charge is -2.35. The molecule has 2 aromatic rings. The van der Waals surface area contributed by atoms with E-state index in [0.29, 0.717) is 11.1 Å². The number of anilines is 2. The molecule has 0 bridgehead atoms. The van der Waals surface area contributed by atoms with Crippen molar-refractivity contribution in [2.24, 2.45) is 0 Å². The van der Waals surface area contributed by atoms with Crippen molar-refractivity contribution >= 4 is 17.3 Å². The summed E-state index contributed by atoms with van der Waals surface area (Å²) in [6.45, 7) is 11.1. The SMILES string of the molecule is CCN1CCN(c2ccc(NC(=O)c3ccc(C)c(F)c3)c(C)c2)CC1. The molecule has 2 aromatic carbocycles. The minimum absolute atomic E-state index is 0.295. The Labute approximate surface area is 154 Å². The predicted octanol–water partition coefficient (Wildman–Crippen LogP) is 3.84. The average Bonchev–Trinajstić information content (AvgIpc) is 2.65. The molecule has 4 nitrogen and oxygen atoms in total. The molecular weight excluding hydrogens is 329 g/mol. The van der Waals surface area contributed by atoms with Crippen molar-refractivity contribution in [2.45, 2.75) is 20.8 Å². The molecule has 1 fully saturated rings. The summed E-state index contributed by atoms with van der Waals surface area (Å²) in [5.41, 5.74) is 3.79. The van der Waals surface area contributed by atoms with E-state index in [0.717, 1.165) is 44.0 Å². The first-order valence-corrected chi connectivity index (χ1v) is 9.13. The lowest BCUT2D eigenvalue weighted by molar-refractivity contribution is 0.102. The Morgan fingerprint density at radius 1 is 1.04 bits per heavy atom. The van der Waals surface area contributed by atoms with E-state index < -0.39 is 0 Å². The number of hydrogen-bond acceptors (Lipinski definition) is 3. The van der Waals surface area contributed by atoms with Crippen LogP contribution in [-0.2, 0) is 0 Å². The zero-order valence-electron chi connectivity index (χ0n) is 15.7. The number of nitrogens with one attached hydrogen (secondary N) is 1. The fourth-order valence-corrected chi connectivity index (χ4v) is 3.24. The molecule has 1 aliphatic heterocycles. The summed E-state index contributed by atoms with van der Waals surface area (Å²) < 4.78 is 13.7. The highest BCUT2D eigenvalue weighted by Crippen LogP contribution is 2.24. The van der Waals surface area contributed by atoms with Crippen molar-refractivity contribution < 1.29 is 9.18 Å². The quantitative estimate of drug-likeness (QED) is 0.905. The first-order valence-electron chi connectivity index (χ1n) is 9.13. The number of aryl methyl sites for hydroxylation is 2. The zero-order chi connectivity index (χ0) is 18.7. The van der Waals surface area contributed by atoms with Gasteiger partial charge < -0.3 is 15.1 Å². The van der Waals surface area contributed by atoms with Crippen molar-refractivity contribution in [3.8, 4) is 0 Å². The van der Waals surface area contributed by atoms with Gasteiger partial charge in [0.2, 0.25) is 0 Å². The Hall–Kier alpha value is -2.40. The number of carbonyl (C=O) groups is 1. The predicted molar refractivity (Wildman–Crippen MR) is 105 cm³/mol. The van der Waals surface area contributed by atoms with Gasteiger partial charge in [-0.1, -0.05) is 13.0 Å². The molecule has 3 rings (SSSR count). The Kier molecular flexibility index (Phi) is 5.57. The molecular formula is C21H26FN3O. The second-order valence-corrected chi connectivity index (χ2v) is 6.84. The first-order chi connectivity index (χ1) is 12.5. The Morgan fingerprint density at radius 3 is 2.38 bits per heavy atom. The van der Waals surface area contributed by atoms with Crippen LogP contribution in [0.5, 0.6) is 0 Å². The van der Waals surface area contributed by atoms with Crippen LogP contribution in [0.3, 0.4) is 0 Å². The summed E-state index contributed by atoms with van der Waals surface area (Å²) in [4.78, 5) is 17.2. The number of amides is 1. The van der Waals surface area contributed by atoms with Gasteiger partial charge in [0.15, 0.2) is 0 Å². The Balaban J connectivity index is 1.69. The van der Waals surface area contributed by atoms with E-state index in [9.17, 15) is 9.18 Å². The van der Waals surface area contributed by atoms with Gasteiger partial charge in [0.25, 0.3) is 5.91 Å². The largest absolute Gasteiger partial charge is 0.369 e. The van der Waals surface area contributed by atoms with Gasteiger partial charge in [-0.3, -0.25) is 4.79 Å². The maximum absolute atomic E-state index is 13.7. The number of piperazine rings is 1. The van der Waals surface area contributed by atoms with Crippen LogP contribution in [0.1, 0.15) is 28.4 Å². The molecule has 0 radical (unpaired) electrons. The fourth-order valence-electron chi connectivity index (χ4n) is 3.24. The summed E-state index contributed by atoms with van der Waals surface area (Å²) in [6, 6.07) is 10.6. The standard InChI is InChI=1S/C21H26FN3O/c1-4-24-9-11-25(12-10-24)18-7-8-20(16(3)13-18)23-21(26)17-6-5-15(2)19(22)14-17/h5-8,13-14H,4,9-12H2,1-3H3,(H,23,26). The maximum atomic E-state index is 13.7. The summed E-state index contributed by atoms with van der Waals surface area (Å²) in [5.74, 6) is -0.660. The molecule has 0 spiro atoms. The van der Waals surface area contributed by atoms with Crippen LogP contribution >= 0.6 is 0 Å². The number of halogens is 1. The fraction of sp³-hybridized carbons (Fsp3) is 0.381. The molecule has 5 heteroatoms. The molecule has 1 saturated heterocycles. The van der Waals surface area contributed by atoms with Crippen molar-refractivity contribution in [3.63, 3.8) is 0 Å². The second kappa shape index (κ2) is 7.87. The van der Waals surface area contributed by atoms with Crippen molar-refractivity contribution in [1.82, 2.24) is 4.90 Å². The number of carbonyl (C=O) groups excluding carboxylic acids is 1. The van der Waals surface area contributed by atoms with E-state index in [4.69, 9.17) is 0 Å². The molecule has 1 aliphatic rings. The number of likely N-dealkylation sites (N-methyl/N-ethyl adjacent to an activating group) is 1. The van der Waals surface area contributed by atoms with Crippen LogP contribution in [-0.4, -0.2) is 43.5 Å². The molecule has 0 atom stereocenters. The highest BCUT2D eigenvalue weighted by molar-refractivity contribution is 6.04. The average molecular weight is 355 g/mol. The van der Waals surface area contributed by atoms with Crippen molar-refractivity contribution in [1.29, 1.82) is 0 Å². The van der Waals surface area contributed by atoms with E-state index in [1.807, 2.05) is 19.1 Å². The van der Waals surface area contributed by atoms with Gasteiger partial charge in [0.1, 0.15) is 5.82 Å². The van der Waals surface area contributed by atoms with Gasteiger partial charge in [-0.25, -0.2) is 4.39 Å². The van der Waals surface area contributed by atoms with Gasteiger partial charge in [0, 0.05) is 43.1 Å². The molecule has 26 heavy (non-hydrogen) atoms. The van der Waals surface area contributed by atoms with Crippen LogP contribution in [0.2, 0.25) is 0 Å². The molecule has 0 unspecified atom stereocenters. The second-order valence-electron chi connectivity index (χ2n) is 6.84. The highest BCUT2D eigenvalue weighted by Gasteiger charge is 2.17. The smallest absolute Gasteiger partial charge is 0.255 e. The normalized spacial score (nSPS) is 15.2. The molecule has 1 heterocycles. The zero-order valence-corrected chi connectivity index (χ0v) is 15.7. The van der Waals surface area contributed by atoms with Gasteiger partial charge in [-0.2, -0.15) is 0 Å². The Morgan fingerprint density at radius 2 is 1.77 bits per heavy atom. The summed E-state index contributed by atoms with van der Waals surface area (Å²) in [7, 11) is 0. The highest BCUT2D eigenvalue weighted by atomic mass is 19.1. The van der Waals surface area contributed by atoms with Crippen LogP contribution in [0.4, 0.5) is 15.8 Å². The van der Waals surface area contributed by atoms with E-state index in [-0.39, 0.29) is 11.7 Å². The van der Waals surface area contributed by atoms with E-state index in [2.05, 4.69) is 28.1 Å². The molecule has 138 valence electrons. The summed E-state index contributed by atoms with van der Waals surface area (Å²) >= 11 is 0. The van der Waals surface area contributed by atoms with Gasteiger partial charge in [-0.15, -0.1) is 0 Å². The van der Waals surface area contributed by atoms with Crippen LogP contribution in [0, 0.1) is 19.7 Å². The number of nitrogens with zero attached hydrogens (tertiary/aromatic N) is 2. The van der Waals surface area contributed by atoms with Crippen LogP contribution in [0.25, 0.3) is 0 Å². The van der Waals surface area contributed by atoms with Crippen molar-refractivity contribution in [2.75, 3.05) is 42.9 Å². The topological polar surface area (TPSA) is 35.6 Å². The van der Waals surface area contributed by atoms with E-state index >= 15 is 0 Å². The molecule has 1 N–H and O–H groups in total. The van der Waals surface area contributed by atoms with E-state index in [1.54, 1.807) is 19.1 Å². The lowest BCUT2D eigenvalue weighted by Crippen LogP contribution is -2.46. The maximum Gasteiger partial charge on any atom is 0.255 e. The summed E-state index contributed by atoms with van der Waals surface area (Å²) in [5, 5.41) is 2.89. The van der Waals surface area contributed by atoms with E-state index in [1.165, 1.54) is 11.8 Å². The molecule has 0 aromatic heterocycles. The van der Waals surface area contributed by atoms with Crippen LogP contribution < -0.4 is 10.2 Å². The first kappa shape index (κ1) is 18.4. The third-order valence-corrected chi connectivity index (χ3v) is 5.08. The number of benzene rings is 2. The van der Waals surface area contributed by atoms with Gasteiger partial charge >= 0.3 is 0 Å². The minimum Gasteiger partial charge on any atom is -0.369 e. The van der Waals surface area contributed by atoms with Gasteiger partial charge in [0.05, 0.1) is 0 Å². The molecule has 1 amide bonds. The van der Waals surface area contributed by atoms with Crippen LogP contribution in [0.15, 0.2) is 36.4 Å². The molecule has 0 saturated carbocycles. The third kappa shape index (κ3) is 4.05. The van der Waals surface area contributed by atoms with Crippen molar-refractivity contribution in [3.05, 3.63) is 58.9 Å². The minimum atomic E-state index is -0.365. The Bertz CT molecular complexity index is 798. The number of rotatable bonds is 4. The van der Waals surface area contributed by atoms with Gasteiger partial charge in [-0.05, 0) is 61.9 Å². The lowest BCUT2D eigenvalue weighted by atomic mass is 10.1. The number of hydrogen-bond donors (Lipinski definition) is 1.